The van der Waals surface area contributed by atoms with Crippen LogP contribution in [0.2, 0.25) is 0 Å². The second-order valence-electron chi connectivity index (χ2n) is 13.0. The Morgan fingerprint density at radius 2 is 1.04 bits per heavy atom. The summed E-state index contributed by atoms with van der Waals surface area (Å²) < 4.78 is 2.61. The molecule has 0 amide bonds. The number of phenols is 1. The summed E-state index contributed by atoms with van der Waals surface area (Å²) in [5.41, 5.74) is 12.4. The Morgan fingerprint density at radius 1 is 0.431 bits per heavy atom. The van der Waals surface area contributed by atoms with Crippen molar-refractivity contribution in [2.45, 2.75) is 12.8 Å². The Balaban J connectivity index is 1.22. The highest BCUT2D eigenvalue weighted by Gasteiger charge is 2.23. The summed E-state index contributed by atoms with van der Waals surface area (Å²) in [5, 5.41) is 13.7. The third kappa shape index (κ3) is 5.82. The third-order valence-corrected chi connectivity index (χ3v) is 11.1. The van der Waals surface area contributed by atoms with Crippen LogP contribution in [0, 0.1) is 0 Å². The van der Waals surface area contributed by atoms with E-state index in [4.69, 9.17) is 0 Å². The summed E-state index contributed by atoms with van der Waals surface area (Å²) in [6.07, 6.45) is 6.51. The fraction of sp³-hybridized carbons (Fsp3) is 0.0417. The van der Waals surface area contributed by atoms with Crippen molar-refractivity contribution >= 4 is 59.7 Å². The SMILES string of the molecule is Oc1ccccc1-c1ccccc1N(c1cccc(-c2ccc3sc4ccccc4c3c2)c1)c1ccccc1C1=CC=C(c2ccccc2)CC1. The van der Waals surface area contributed by atoms with Gasteiger partial charge in [-0.15, -0.1) is 11.3 Å². The lowest BCUT2D eigenvalue weighted by Crippen LogP contribution is -2.13. The summed E-state index contributed by atoms with van der Waals surface area (Å²) in [7, 11) is 0. The maximum atomic E-state index is 11.1. The molecule has 3 heteroatoms. The molecule has 0 fully saturated rings. The molecule has 51 heavy (non-hydrogen) atoms. The first-order chi connectivity index (χ1) is 25.2. The van der Waals surface area contributed by atoms with E-state index in [9.17, 15) is 5.11 Å². The second kappa shape index (κ2) is 13.3. The van der Waals surface area contributed by atoms with Crippen molar-refractivity contribution in [1.82, 2.24) is 0 Å². The van der Waals surface area contributed by atoms with Crippen molar-refractivity contribution in [3.8, 4) is 28.0 Å². The predicted molar refractivity (Wildman–Crippen MR) is 218 cm³/mol. The molecule has 244 valence electrons. The third-order valence-electron chi connectivity index (χ3n) is 9.94. The first kappa shape index (κ1) is 30.9. The number of para-hydroxylation sites is 3. The number of allylic oxidation sites excluding steroid dienone is 4. The summed E-state index contributed by atoms with van der Waals surface area (Å²) in [6.45, 7) is 0. The Morgan fingerprint density at radius 3 is 1.84 bits per heavy atom. The predicted octanol–water partition coefficient (Wildman–Crippen LogP) is 13.8. The molecule has 0 radical (unpaired) electrons. The number of benzene rings is 7. The molecule has 0 aliphatic heterocycles. The van der Waals surface area contributed by atoms with Crippen LogP contribution in [0.3, 0.4) is 0 Å². The van der Waals surface area contributed by atoms with Crippen LogP contribution in [0.5, 0.6) is 5.75 Å². The van der Waals surface area contributed by atoms with Crippen LogP contribution in [-0.4, -0.2) is 5.11 Å². The minimum atomic E-state index is 0.261. The van der Waals surface area contributed by atoms with Gasteiger partial charge in [-0.2, -0.15) is 0 Å². The molecule has 0 unspecified atom stereocenters. The topological polar surface area (TPSA) is 23.5 Å². The summed E-state index contributed by atoms with van der Waals surface area (Å²) in [4.78, 5) is 2.37. The largest absolute Gasteiger partial charge is 0.507 e. The smallest absolute Gasteiger partial charge is 0.123 e. The van der Waals surface area contributed by atoms with Gasteiger partial charge in [0.25, 0.3) is 0 Å². The van der Waals surface area contributed by atoms with Crippen molar-refractivity contribution in [3.63, 3.8) is 0 Å². The van der Waals surface area contributed by atoms with E-state index >= 15 is 0 Å². The zero-order valence-electron chi connectivity index (χ0n) is 28.0. The molecule has 9 rings (SSSR count). The quantitative estimate of drug-likeness (QED) is 0.182. The molecule has 0 saturated heterocycles. The molecule has 2 nitrogen and oxygen atoms in total. The van der Waals surface area contributed by atoms with Gasteiger partial charge in [0, 0.05) is 42.6 Å². The number of phenolic OH excluding ortho intramolecular Hbond substituents is 1. The minimum absolute atomic E-state index is 0.261. The van der Waals surface area contributed by atoms with Gasteiger partial charge in [0.05, 0.1) is 11.4 Å². The van der Waals surface area contributed by atoms with Crippen LogP contribution in [0.25, 0.3) is 53.6 Å². The number of rotatable bonds is 7. The molecule has 0 bridgehead atoms. The molecule has 1 heterocycles. The molecule has 1 aliphatic carbocycles. The van der Waals surface area contributed by atoms with Gasteiger partial charge in [-0.05, 0) is 89.2 Å². The average Bonchev–Trinajstić information content (AvgIpc) is 3.57. The van der Waals surface area contributed by atoms with Crippen LogP contribution in [0.15, 0.2) is 182 Å². The number of hydrogen-bond donors (Lipinski definition) is 1. The number of anilines is 3. The molecular formula is C48H35NOS. The standard InChI is InChI=1S/C48H35NOS/c50-46-23-10-6-19-41(46)40-18-5-9-22-45(40)49(44-21-8-4-17-39(44)35-27-25-34(26-28-35)33-13-2-1-3-14-33)38-16-12-15-36(31-38)37-29-30-48-43(32-37)42-20-7-11-24-47(42)51-48/h1-25,27,29-32,50H,26,28H2. The molecule has 7 aromatic carbocycles. The second-order valence-corrected chi connectivity index (χ2v) is 14.1. The molecule has 8 aromatic rings. The lowest BCUT2D eigenvalue weighted by atomic mass is 9.89. The number of thiophene rings is 1. The fourth-order valence-corrected chi connectivity index (χ4v) is 8.52. The van der Waals surface area contributed by atoms with Crippen molar-refractivity contribution in [2.75, 3.05) is 4.90 Å². The van der Waals surface area contributed by atoms with E-state index in [2.05, 4.69) is 157 Å². The van der Waals surface area contributed by atoms with Crippen molar-refractivity contribution in [1.29, 1.82) is 0 Å². The maximum Gasteiger partial charge on any atom is 0.123 e. The van der Waals surface area contributed by atoms with Crippen LogP contribution in [-0.2, 0) is 0 Å². The van der Waals surface area contributed by atoms with Crippen LogP contribution in [0.1, 0.15) is 24.0 Å². The normalized spacial score (nSPS) is 12.9. The first-order valence-corrected chi connectivity index (χ1v) is 18.3. The molecule has 0 spiro atoms. The highest BCUT2D eigenvalue weighted by molar-refractivity contribution is 7.25. The molecule has 0 saturated carbocycles. The molecule has 1 aromatic heterocycles. The van der Waals surface area contributed by atoms with E-state index in [-0.39, 0.29) is 5.75 Å². The Labute approximate surface area is 302 Å². The van der Waals surface area contributed by atoms with E-state index in [1.54, 1.807) is 6.07 Å². The van der Waals surface area contributed by atoms with Gasteiger partial charge >= 0.3 is 0 Å². The van der Waals surface area contributed by atoms with Gasteiger partial charge in [0.2, 0.25) is 0 Å². The van der Waals surface area contributed by atoms with Gasteiger partial charge < -0.3 is 10.0 Å². The van der Waals surface area contributed by atoms with E-state index in [0.29, 0.717) is 0 Å². The number of nitrogens with zero attached hydrogens (tertiary/aromatic N) is 1. The minimum Gasteiger partial charge on any atom is -0.507 e. The number of hydrogen-bond acceptors (Lipinski definition) is 3. The maximum absolute atomic E-state index is 11.1. The van der Waals surface area contributed by atoms with Crippen molar-refractivity contribution in [2.24, 2.45) is 0 Å². The number of fused-ring (bicyclic) bond motifs is 3. The summed E-state index contributed by atoms with van der Waals surface area (Å²) >= 11 is 1.84. The van der Waals surface area contributed by atoms with Crippen molar-refractivity contribution in [3.05, 3.63) is 193 Å². The van der Waals surface area contributed by atoms with Gasteiger partial charge in [-0.3, -0.25) is 0 Å². The lowest BCUT2D eigenvalue weighted by molar-refractivity contribution is 0.477. The average molecular weight is 674 g/mol. The zero-order chi connectivity index (χ0) is 34.1. The van der Waals surface area contributed by atoms with E-state index in [1.165, 1.54) is 48.0 Å². The van der Waals surface area contributed by atoms with Gasteiger partial charge in [-0.1, -0.05) is 133 Å². The molecular weight excluding hydrogens is 639 g/mol. The monoisotopic (exact) mass is 673 g/mol. The first-order valence-electron chi connectivity index (χ1n) is 17.4. The lowest BCUT2D eigenvalue weighted by Gasteiger charge is -2.31. The highest BCUT2D eigenvalue weighted by Crippen LogP contribution is 2.47. The van der Waals surface area contributed by atoms with Gasteiger partial charge in [0.1, 0.15) is 5.75 Å². The van der Waals surface area contributed by atoms with Crippen LogP contribution >= 0.6 is 11.3 Å². The summed E-state index contributed by atoms with van der Waals surface area (Å²) in [6, 6.07) is 59.8. The van der Waals surface area contributed by atoms with E-state index in [1.807, 2.05) is 35.6 Å². The van der Waals surface area contributed by atoms with Crippen molar-refractivity contribution < 1.29 is 5.11 Å². The molecule has 0 atom stereocenters. The van der Waals surface area contributed by atoms with Crippen LogP contribution < -0.4 is 4.90 Å². The summed E-state index contributed by atoms with van der Waals surface area (Å²) in [5.74, 6) is 0.261. The van der Waals surface area contributed by atoms with Gasteiger partial charge in [0.15, 0.2) is 0 Å². The zero-order valence-corrected chi connectivity index (χ0v) is 28.9. The number of aromatic hydroxyl groups is 1. The van der Waals surface area contributed by atoms with E-state index in [0.717, 1.165) is 46.6 Å². The van der Waals surface area contributed by atoms with Gasteiger partial charge in [-0.25, -0.2) is 0 Å². The molecule has 1 N–H and O–H groups in total. The van der Waals surface area contributed by atoms with E-state index < -0.39 is 0 Å². The Hall–Kier alpha value is -6.16. The Bertz CT molecular complexity index is 2610. The Kier molecular flexibility index (Phi) is 8.04. The fourth-order valence-electron chi connectivity index (χ4n) is 7.43. The highest BCUT2D eigenvalue weighted by atomic mass is 32.1. The molecule has 1 aliphatic rings. The van der Waals surface area contributed by atoms with Crippen LogP contribution in [0.4, 0.5) is 17.1 Å².